The number of hydrogen-bond acceptors (Lipinski definition) is 3. The topological polar surface area (TPSA) is 49.3 Å². The molecule has 0 fully saturated rings. The molecular weight excluding hydrogens is 306 g/mol. The summed E-state index contributed by atoms with van der Waals surface area (Å²) in [4.78, 5) is 12.8. The van der Waals surface area contributed by atoms with Gasteiger partial charge in [-0.1, -0.05) is 35.9 Å². The Morgan fingerprint density at radius 3 is 2.57 bits per heavy atom. The van der Waals surface area contributed by atoms with Gasteiger partial charge in [0.1, 0.15) is 0 Å². The normalized spacial score (nSPS) is 10.4. The third-order valence-corrected chi connectivity index (χ3v) is 4.11. The van der Waals surface area contributed by atoms with Crippen LogP contribution in [0.15, 0.2) is 53.4 Å². The molecule has 21 heavy (non-hydrogen) atoms. The summed E-state index contributed by atoms with van der Waals surface area (Å²) in [7, 11) is 0. The van der Waals surface area contributed by atoms with E-state index in [-0.39, 0.29) is 12.5 Å². The average molecular weight is 322 g/mol. The molecule has 3 nitrogen and oxygen atoms in total. The molecule has 0 radical (unpaired) electrons. The minimum absolute atomic E-state index is 0.00814. The Hall–Kier alpha value is -1.49. The van der Waals surface area contributed by atoms with Gasteiger partial charge in [0, 0.05) is 16.5 Å². The Labute approximate surface area is 133 Å². The van der Waals surface area contributed by atoms with Crippen LogP contribution in [0.3, 0.4) is 0 Å². The van der Waals surface area contributed by atoms with Gasteiger partial charge in [0.2, 0.25) is 5.91 Å². The van der Waals surface area contributed by atoms with Gasteiger partial charge in [-0.05, 0) is 35.4 Å². The first kappa shape index (κ1) is 15.9. The van der Waals surface area contributed by atoms with Crippen LogP contribution >= 0.6 is 23.4 Å². The lowest BCUT2D eigenvalue weighted by Crippen LogP contribution is -2.24. The van der Waals surface area contributed by atoms with Crippen LogP contribution in [0.25, 0.3) is 0 Å². The van der Waals surface area contributed by atoms with Gasteiger partial charge in [0.25, 0.3) is 0 Å². The third kappa shape index (κ3) is 5.42. The number of nitrogens with one attached hydrogen (secondary N) is 1. The minimum Gasteiger partial charge on any atom is -0.392 e. The number of benzene rings is 2. The van der Waals surface area contributed by atoms with E-state index in [1.54, 1.807) is 0 Å². The van der Waals surface area contributed by atoms with Gasteiger partial charge in [0.05, 0.1) is 12.4 Å². The lowest BCUT2D eigenvalue weighted by molar-refractivity contribution is -0.118. The molecule has 0 heterocycles. The van der Waals surface area contributed by atoms with Crippen molar-refractivity contribution >= 4 is 29.3 Å². The molecule has 0 aromatic heterocycles. The molecule has 0 aliphatic carbocycles. The number of halogens is 1. The molecule has 110 valence electrons. The highest BCUT2D eigenvalue weighted by Gasteiger charge is 2.03. The predicted octanol–water partition coefficient (Wildman–Crippen LogP) is 3.24. The van der Waals surface area contributed by atoms with E-state index in [2.05, 4.69) is 5.32 Å². The molecule has 2 aromatic rings. The Kier molecular flexibility index (Phi) is 6.11. The predicted molar refractivity (Wildman–Crippen MR) is 86.4 cm³/mol. The highest BCUT2D eigenvalue weighted by molar-refractivity contribution is 8.00. The van der Waals surface area contributed by atoms with Gasteiger partial charge in [-0.2, -0.15) is 0 Å². The summed E-state index contributed by atoms with van der Waals surface area (Å²) in [5.74, 6) is 0.339. The number of amides is 1. The maximum Gasteiger partial charge on any atom is 0.230 e. The first-order valence-electron chi connectivity index (χ1n) is 6.51. The quantitative estimate of drug-likeness (QED) is 0.803. The van der Waals surface area contributed by atoms with Gasteiger partial charge in [-0.3, -0.25) is 4.79 Å². The fourth-order valence-electron chi connectivity index (χ4n) is 1.77. The van der Waals surface area contributed by atoms with E-state index < -0.39 is 0 Å². The van der Waals surface area contributed by atoms with Crippen molar-refractivity contribution in [2.75, 3.05) is 5.75 Å². The molecule has 2 N–H and O–H groups in total. The minimum atomic E-state index is -0.0237. The van der Waals surface area contributed by atoms with Crippen molar-refractivity contribution < 1.29 is 9.90 Å². The Balaban J connectivity index is 1.78. The van der Waals surface area contributed by atoms with Crippen molar-refractivity contribution in [2.24, 2.45) is 0 Å². The average Bonchev–Trinajstić information content (AvgIpc) is 2.52. The zero-order chi connectivity index (χ0) is 15.1. The highest BCUT2D eigenvalue weighted by Crippen LogP contribution is 2.19. The van der Waals surface area contributed by atoms with E-state index in [1.807, 2.05) is 48.5 Å². The van der Waals surface area contributed by atoms with E-state index in [9.17, 15) is 4.79 Å². The lowest BCUT2D eigenvalue weighted by Gasteiger charge is -2.06. The fraction of sp³-hybridized carbons (Fsp3) is 0.188. The van der Waals surface area contributed by atoms with Crippen LogP contribution in [-0.4, -0.2) is 16.8 Å². The van der Waals surface area contributed by atoms with Crippen molar-refractivity contribution in [1.29, 1.82) is 0 Å². The zero-order valence-electron chi connectivity index (χ0n) is 11.4. The number of hydrogen-bond donors (Lipinski definition) is 2. The zero-order valence-corrected chi connectivity index (χ0v) is 13.0. The molecule has 1 amide bonds. The van der Waals surface area contributed by atoms with Crippen molar-refractivity contribution in [3.8, 4) is 0 Å². The number of thioether (sulfide) groups is 1. The first-order chi connectivity index (χ1) is 10.2. The Morgan fingerprint density at radius 2 is 1.86 bits per heavy atom. The van der Waals surface area contributed by atoms with Crippen molar-refractivity contribution in [2.45, 2.75) is 18.0 Å². The third-order valence-electron chi connectivity index (χ3n) is 2.85. The van der Waals surface area contributed by atoms with Crippen LogP contribution in [-0.2, 0) is 17.9 Å². The van der Waals surface area contributed by atoms with Crippen LogP contribution < -0.4 is 5.32 Å². The molecule has 0 aliphatic rings. The monoisotopic (exact) mass is 321 g/mol. The fourth-order valence-corrected chi connectivity index (χ4v) is 2.62. The number of aliphatic hydroxyl groups excluding tert-OH is 1. The maximum atomic E-state index is 11.8. The van der Waals surface area contributed by atoms with Gasteiger partial charge in [-0.15, -0.1) is 11.8 Å². The van der Waals surface area contributed by atoms with Crippen molar-refractivity contribution in [1.82, 2.24) is 5.32 Å². The standard InChI is InChI=1S/C16H16ClNO2S/c17-14-4-6-15(7-5-14)21-11-16(20)18-9-12-2-1-3-13(8-12)10-19/h1-8,19H,9-11H2,(H,18,20). The first-order valence-corrected chi connectivity index (χ1v) is 7.87. The second-order valence-electron chi connectivity index (χ2n) is 4.50. The van der Waals surface area contributed by atoms with Gasteiger partial charge in [-0.25, -0.2) is 0 Å². The van der Waals surface area contributed by atoms with Gasteiger partial charge in [0.15, 0.2) is 0 Å². The molecule has 5 heteroatoms. The van der Waals surface area contributed by atoms with E-state index >= 15 is 0 Å². The molecular formula is C16H16ClNO2S. The van der Waals surface area contributed by atoms with Crippen LogP contribution in [0.1, 0.15) is 11.1 Å². The van der Waals surface area contributed by atoms with Gasteiger partial charge < -0.3 is 10.4 Å². The molecule has 0 spiro atoms. The van der Waals surface area contributed by atoms with E-state index in [0.29, 0.717) is 17.3 Å². The molecule has 0 atom stereocenters. The lowest BCUT2D eigenvalue weighted by atomic mass is 10.1. The van der Waals surface area contributed by atoms with Crippen LogP contribution in [0.2, 0.25) is 5.02 Å². The van der Waals surface area contributed by atoms with Crippen LogP contribution in [0.5, 0.6) is 0 Å². The summed E-state index contributed by atoms with van der Waals surface area (Å²) < 4.78 is 0. The molecule has 2 rings (SSSR count). The summed E-state index contributed by atoms with van der Waals surface area (Å²) >= 11 is 7.28. The summed E-state index contributed by atoms with van der Waals surface area (Å²) in [6.45, 7) is 0.474. The number of carbonyl (C=O) groups is 1. The molecule has 0 saturated heterocycles. The summed E-state index contributed by atoms with van der Waals surface area (Å²) in [5.41, 5.74) is 1.82. The van der Waals surface area contributed by atoms with Crippen molar-refractivity contribution in [3.05, 3.63) is 64.7 Å². The molecule has 0 bridgehead atoms. The highest BCUT2D eigenvalue weighted by atomic mass is 35.5. The van der Waals surface area contributed by atoms with Crippen LogP contribution in [0.4, 0.5) is 0 Å². The Bertz CT molecular complexity index is 601. The largest absolute Gasteiger partial charge is 0.392 e. The second kappa shape index (κ2) is 8.08. The summed E-state index contributed by atoms with van der Waals surface area (Å²) in [6, 6.07) is 14.9. The summed E-state index contributed by atoms with van der Waals surface area (Å²) in [5, 5.41) is 12.6. The smallest absolute Gasteiger partial charge is 0.230 e. The second-order valence-corrected chi connectivity index (χ2v) is 5.98. The van der Waals surface area contributed by atoms with Gasteiger partial charge >= 0.3 is 0 Å². The Morgan fingerprint density at radius 1 is 1.14 bits per heavy atom. The molecule has 2 aromatic carbocycles. The van der Waals surface area contributed by atoms with Crippen LogP contribution in [0, 0.1) is 0 Å². The number of carbonyl (C=O) groups excluding carboxylic acids is 1. The van der Waals surface area contributed by atoms with E-state index in [4.69, 9.17) is 16.7 Å². The molecule has 0 unspecified atom stereocenters. The van der Waals surface area contributed by atoms with E-state index in [1.165, 1.54) is 11.8 Å². The molecule has 0 aliphatic heterocycles. The molecule has 0 saturated carbocycles. The number of aliphatic hydroxyl groups is 1. The SMILES string of the molecule is O=C(CSc1ccc(Cl)cc1)NCc1cccc(CO)c1. The van der Waals surface area contributed by atoms with E-state index in [0.717, 1.165) is 16.0 Å². The number of rotatable bonds is 6. The maximum absolute atomic E-state index is 11.8. The summed E-state index contributed by atoms with van der Waals surface area (Å²) in [6.07, 6.45) is 0. The van der Waals surface area contributed by atoms with Crippen molar-refractivity contribution in [3.63, 3.8) is 0 Å².